The number of amides is 2. The summed E-state index contributed by atoms with van der Waals surface area (Å²) in [5.41, 5.74) is 3.10. The molecule has 2 aromatic carbocycles. The van der Waals surface area contributed by atoms with E-state index in [1.54, 1.807) is 25.3 Å². The van der Waals surface area contributed by atoms with Crippen LogP contribution in [0.5, 0.6) is 11.6 Å². The van der Waals surface area contributed by atoms with Crippen molar-refractivity contribution in [2.75, 3.05) is 29.7 Å². The van der Waals surface area contributed by atoms with Gasteiger partial charge < -0.3 is 25.4 Å². The first-order valence-corrected chi connectivity index (χ1v) is 9.55. The van der Waals surface area contributed by atoms with E-state index in [0.717, 1.165) is 11.3 Å². The SMILES string of the molecule is CCOc1cc(Nc2ccc(NC(=O)Nc3cc(C)ccc3OC)cc2)nc(C)n1. The molecular weight excluding hydrogens is 382 g/mol. The Balaban J connectivity index is 1.63. The second-order valence-corrected chi connectivity index (χ2v) is 6.56. The summed E-state index contributed by atoms with van der Waals surface area (Å²) < 4.78 is 10.7. The van der Waals surface area contributed by atoms with E-state index in [1.807, 2.05) is 51.1 Å². The van der Waals surface area contributed by atoms with Crippen molar-refractivity contribution in [1.82, 2.24) is 9.97 Å². The number of nitrogens with zero attached hydrogens (tertiary/aromatic N) is 2. The maximum absolute atomic E-state index is 12.3. The van der Waals surface area contributed by atoms with E-state index >= 15 is 0 Å². The van der Waals surface area contributed by atoms with Gasteiger partial charge in [0.2, 0.25) is 5.88 Å². The van der Waals surface area contributed by atoms with Crippen molar-refractivity contribution in [3.8, 4) is 11.6 Å². The van der Waals surface area contributed by atoms with Crippen LogP contribution in [-0.2, 0) is 0 Å². The monoisotopic (exact) mass is 407 g/mol. The molecule has 0 aliphatic heterocycles. The summed E-state index contributed by atoms with van der Waals surface area (Å²) in [6, 6.07) is 14.3. The van der Waals surface area contributed by atoms with Crippen molar-refractivity contribution in [2.24, 2.45) is 0 Å². The molecule has 3 aromatic rings. The summed E-state index contributed by atoms with van der Waals surface area (Å²) in [6.07, 6.45) is 0. The lowest BCUT2D eigenvalue weighted by Crippen LogP contribution is -2.19. The molecular formula is C22H25N5O3. The highest BCUT2D eigenvalue weighted by molar-refractivity contribution is 6.00. The largest absolute Gasteiger partial charge is 0.495 e. The summed E-state index contributed by atoms with van der Waals surface area (Å²) in [4.78, 5) is 20.9. The Labute approximate surface area is 175 Å². The average molecular weight is 407 g/mol. The highest BCUT2D eigenvalue weighted by Gasteiger charge is 2.08. The van der Waals surface area contributed by atoms with Crippen molar-refractivity contribution in [2.45, 2.75) is 20.8 Å². The Morgan fingerprint density at radius 1 is 0.967 bits per heavy atom. The van der Waals surface area contributed by atoms with E-state index in [0.29, 0.717) is 41.3 Å². The zero-order valence-corrected chi connectivity index (χ0v) is 17.4. The van der Waals surface area contributed by atoms with E-state index < -0.39 is 0 Å². The molecule has 1 aromatic heterocycles. The van der Waals surface area contributed by atoms with Crippen LogP contribution in [0.3, 0.4) is 0 Å². The van der Waals surface area contributed by atoms with Crippen LogP contribution in [-0.4, -0.2) is 29.7 Å². The van der Waals surface area contributed by atoms with E-state index in [4.69, 9.17) is 9.47 Å². The maximum atomic E-state index is 12.3. The standard InChI is InChI=1S/C22H25N5O3/c1-5-30-21-13-20(23-15(3)24-21)25-16-7-9-17(10-8-16)26-22(28)27-18-12-14(2)6-11-19(18)29-4/h6-13H,5H2,1-4H3,(H,23,24,25)(H2,26,27,28). The molecule has 3 N–H and O–H groups in total. The first-order chi connectivity index (χ1) is 14.5. The van der Waals surface area contributed by atoms with Gasteiger partial charge in [-0.05, 0) is 62.7 Å². The van der Waals surface area contributed by atoms with Crippen molar-refractivity contribution < 1.29 is 14.3 Å². The number of carbonyl (C=O) groups is 1. The van der Waals surface area contributed by atoms with Gasteiger partial charge in [-0.2, -0.15) is 4.98 Å². The molecule has 8 heteroatoms. The predicted molar refractivity (Wildman–Crippen MR) is 118 cm³/mol. The summed E-state index contributed by atoms with van der Waals surface area (Å²) in [5, 5.41) is 8.83. The molecule has 0 saturated heterocycles. The van der Waals surface area contributed by atoms with Crippen LogP contribution in [0.25, 0.3) is 0 Å². The molecule has 0 fully saturated rings. The molecule has 0 spiro atoms. The van der Waals surface area contributed by atoms with Gasteiger partial charge in [-0.3, -0.25) is 0 Å². The topological polar surface area (TPSA) is 97.4 Å². The first kappa shape index (κ1) is 20.9. The van der Waals surface area contributed by atoms with Gasteiger partial charge in [0.25, 0.3) is 0 Å². The minimum atomic E-state index is -0.354. The van der Waals surface area contributed by atoms with Crippen LogP contribution in [0.2, 0.25) is 0 Å². The minimum absolute atomic E-state index is 0.354. The summed E-state index contributed by atoms with van der Waals surface area (Å²) in [6.45, 7) is 6.20. The number of urea groups is 1. The molecule has 1 heterocycles. The zero-order chi connectivity index (χ0) is 21.5. The second-order valence-electron chi connectivity index (χ2n) is 6.56. The predicted octanol–water partition coefficient (Wildman–Crippen LogP) is 4.89. The van der Waals surface area contributed by atoms with Gasteiger partial charge in [-0.15, -0.1) is 0 Å². The fourth-order valence-electron chi connectivity index (χ4n) is 2.82. The maximum Gasteiger partial charge on any atom is 0.323 e. The molecule has 30 heavy (non-hydrogen) atoms. The molecule has 0 aliphatic carbocycles. The number of aryl methyl sites for hydroxylation is 2. The molecule has 0 atom stereocenters. The number of hydrogen-bond acceptors (Lipinski definition) is 6. The molecule has 0 unspecified atom stereocenters. The molecule has 0 radical (unpaired) electrons. The van der Waals surface area contributed by atoms with Crippen LogP contribution in [0.1, 0.15) is 18.3 Å². The fourth-order valence-corrected chi connectivity index (χ4v) is 2.82. The van der Waals surface area contributed by atoms with Gasteiger partial charge >= 0.3 is 6.03 Å². The Morgan fingerprint density at radius 3 is 2.40 bits per heavy atom. The van der Waals surface area contributed by atoms with Crippen LogP contribution in [0.4, 0.5) is 27.7 Å². The average Bonchev–Trinajstić information content (AvgIpc) is 2.69. The Bertz CT molecular complexity index is 1020. The highest BCUT2D eigenvalue weighted by Crippen LogP contribution is 2.25. The number of nitrogens with one attached hydrogen (secondary N) is 3. The normalized spacial score (nSPS) is 10.3. The number of ether oxygens (including phenoxy) is 2. The Kier molecular flexibility index (Phi) is 6.69. The third kappa shape index (κ3) is 5.60. The number of benzene rings is 2. The Hall–Kier alpha value is -3.81. The lowest BCUT2D eigenvalue weighted by atomic mass is 10.2. The Morgan fingerprint density at radius 2 is 1.70 bits per heavy atom. The minimum Gasteiger partial charge on any atom is -0.495 e. The van der Waals surface area contributed by atoms with Crippen LogP contribution < -0.4 is 25.4 Å². The number of aromatic nitrogens is 2. The van der Waals surface area contributed by atoms with E-state index in [9.17, 15) is 4.79 Å². The summed E-state index contributed by atoms with van der Waals surface area (Å²) in [5.74, 6) is 2.37. The summed E-state index contributed by atoms with van der Waals surface area (Å²) in [7, 11) is 1.57. The number of methoxy groups -OCH3 is 1. The van der Waals surface area contributed by atoms with Crippen LogP contribution in [0, 0.1) is 13.8 Å². The number of rotatable bonds is 7. The van der Waals surface area contributed by atoms with Crippen molar-refractivity contribution in [3.05, 3.63) is 59.9 Å². The molecule has 2 amide bonds. The van der Waals surface area contributed by atoms with Crippen LogP contribution >= 0.6 is 0 Å². The summed E-state index contributed by atoms with van der Waals surface area (Å²) >= 11 is 0. The fraction of sp³-hybridized carbons (Fsp3) is 0.227. The molecule has 0 bridgehead atoms. The first-order valence-electron chi connectivity index (χ1n) is 9.55. The number of hydrogen-bond donors (Lipinski definition) is 3. The third-order valence-corrected chi connectivity index (χ3v) is 4.13. The zero-order valence-electron chi connectivity index (χ0n) is 17.4. The van der Waals surface area contributed by atoms with Gasteiger partial charge in [-0.1, -0.05) is 6.07 Å². The lowest BCUT2D eigenvalue weighted by Gasteiger charge is -2.12. The van der Waals surface area contributed by atoms with Gasteiger partial charge in [-0.25, -0.2) is 9.78 Å². The van der Waals surface area contributed by atoms with E-state index in [-0.39, 0.29) is 6.03 Å². The second kappa shape index (κ2) is 9.60. The van der Waals surface area contributed by atoms with Gasteiger partial charge in [0.1, 0.15) is 17.4 Å². The molecule has 8 nitrogen and oxygen atoms in total. The number of anilines is 4. The molecule has 0 aliphatic rings. The molecule has 3 rings (SSSR count). The highest BCUT2D eigenvalue weighted by atomic mass is 16.5. The van der Waals surface area contributed by atoms with Crippen molar-refractivity contribution in [3.63, 3.8) is 0 Å². The molecule has 0 saturated carbocycles. The van der Waals surface area contributed by atoms with Gasteiger partial charge in [0, 0.05) is 17.4 Å². The lowest BCUT2D eigenvalue weighted by molar-refractivity contribution is 0.262. The van der Waals surface area contributed by atoms with Gasteiger partial charge in [0.15, 0.2) is 0 Å². The third-order valence-electron chi connectivity index (χ3n) is 4.13. The van der Waals surface area contributed by atoms with Crippen molar-refractivity contribution in [1.29, 1.82) is 0 Å². The molecule has 156 valence electrons. The van der Waals surface area contributed by atoms with Crippen molar-refractivity contribution >= 4 is 28.9 Å². The number of carbonyl (C=O) groups excluding carboxylic acids is 1. The smallest absolute Gasteiger partial charge is 0.323 e. The van der Waals surface area contributed by atoms with Gasteiger partial charge in [0.05, 0.1) is 19.4 Å². The quantitative estimate of drug-likeness (QED) is 0.516. The van der Waals surface area contributed by atoms with E-state index in [2.05, 4.69) is 25.9 Å². The van der Waals surface area contributed by atoms with E-state index in [1.165, 1.54) is 0 Å². The van der Waals surface area contributed by atoms with Crippen LogP contribution in [0.15, 0.2) is 48.5 Å².